The molecule has 0 radical (unpaired) electrons. The Hall–Kier alpha value is -1.81. The second-order valence-corrected chi connectivity index (χ2v) is 9.13. The number of benzene rings is 1. The summed E-state index contributed by atoms with van der Waals surface area (Å²) in [5.74, 6) is -0.865. The number of halogens is 3. The van der Waals surface area contributed by atoms with Gasteiger partial charge in [0, 0.05) is 31.1 Å². The Kier molecular flexibility index (Phi) is 6.18. The molecule has 28 heavy (non-hydrogen) atoms. The lowest BCUT2D eigenvalue weighted by Gasteiger charge is -2.31. The molecule has 1 amide bonds. The molecule has 1 heterocycles. The van der Waals surface area contributed by atoms with Gasteiger partial charge in [-0.1, -0.05) is 18.9 Å². The summed E-state index contributed by atoms with van der Waals surface area (Å²) in [6.45, 7) is 0.297. The highest BCUT2D eigenvalue weighted by molar-refractivity contribution is 7.89. The summed E-state index contributed by atoms with van der Waals surface area (Å²) < 4.78 is 67.6. The van der Waals surface area contributed by atoms with Crippen molar-refractivity contribution in [3.63, 3.8) is 0 Å². The van der Waals surface area contributed by atoms with E-state index in [4.69, 9.17) is 0 Å². The number of rotatable bonds is 5. The zero-order valence-electron chi connectivity index (χ0n) is 15.2. The second kappa shape index (κ2) is 8.28. The van der Waals surface area contributed by atoms with Crippen LogP contribution in [0.4, 0.5) is 13.2 Å². The Labute approximate surface area is 162 Å². The van der Waals surface area contributed by atoms with E-state index in [2.05, 4.69) is 10.1 Å². The van der Waals surface area contributed by atoms with Crippen LogP contribution in [0.25, 0.3) is 0 Å². The number of ether oxygens (including phenoxy) is 1. The van der Waals surface area contributed by atoms with Gasteiger partial charge in [-0.2, -0.15) is 4.31 Å². The molecule has 2 aliphatic rings. The number of carbonyl (C=O) groups excluding carboxylic acids is 1. The fourth-order valence-electron chi connectivity index (χ4n) is 3.73. The van der Waals surface area contributed by atoms with Crippen LogP contribution in [0.3, 0.4) is 0 Å². The van der Waals surface area contributed by atoms with Gasteiger partial charge >= 0.3 is 6.36 Å². The Morgan fingerprint density at radius 1 is 1.11 bits per heavy atom. The lowest BCUT2D eigenvalue weighted by Crippen LogP contribution is -2.44. The first-order chi connectivity index (χ1) is 13.1. The lowest BCUT2D eigenvalue weighted by atomic mass is 9.97. The molecule has 2 fully saturated rings. The van der Waals surface area contributed by atoms with Crippen molar-refractivity contribution in [2.75, 3.05) is 13.1 Å². The van der Waals surface area contributed by atoms with E-state index >= 15 is 0 Å². The number of nitrogens with zero attached hydrogens (tertiary/aromatic N) is 1. The van der Waals surface area contributed by atoms with Crippen LogP contribution >= 0.6 is 0 Å². The van der Waals surface area contributed by atoms with Crippen LogP contribution in [0.5, 0.6) is 5.75 Å². The fourth-order valence-corrected chi connectivity index (χ4v) is 5.23. The Morgan fingerprint density at radius 2 is 1.75 bits per heavy atom. The molecule has 0 bridgehead atoms. The molecule has 1 N–H and O–H groups in total. The third-order valence-corrected chi connectivity index (χ3v) is 7.10. The van der Waals surface area contributed by atoms with Crippen LogP contribution in [0, 0.1) is 5.92 Å². The third kappa shape index (κ3) is 5.16. The van der Waals surface area contributed by atoms with Gasteiger partial charge in [0.05, 0.1) is 4.90 Å². The summed E-state index contributed by atoms with van der Waals surface area (Å²) in [6.07, 6.45) is 0.0581. The van der Waals surface area contributed by atoms with Crippen molar-refractivity contribution in [3.8, 4) is 5.75 Å². The average molecular weight is 420 g/mol. The third-order valence-electron chi connectivity index (χ3n) is 5.20. The molecule has 0 atom stereocenters. The number of hydrogen-bond acceptors (Lipinski definition) is 4. The molecule has 0 unspecified atom stereocenters. The van der Waals surface area contributed by atoms with Crippen molar-refractivity contribution in [2.24, 2.45) is 5.92 Å². The van der Waals surface area contributed by atoms with Crippen molar-refractivity contribution in [3.05, 3.63) is 24.3 Å². The molecular formula is C18H23F3N2O4S. The van der Waals surface area contributed by atoms with E-state index in [0.29, 0.717) is 12.8 Å². The van der Waals surface area contributed by atoms with Crippen molar-refractivity contribution in [2.45, 2.75) is 55.8 Å². The molecule has 1 saturated carbocycles. The molecule has 1 saturated heterocycles. The minimum Gasteiger partial charge on any atom is -0.406 e. The monoisotopic (exact) mass is 420 g/mol. The van der Waals surface area contributed by atoms with Gasteiger partial charge in [-0.05, 0) is 37.8 Å². The average Bonchev–Trinajstić information content (AvgIpc) is 3.13. The molecule has 1 aromatic carbocycles. The normalized spacial score (nSPS) is 20.2. The SMILES string of the molecule is O=C(NC1CCCC1)C1CCN(S(=O)(=O)c2cccc(OC(F)(F)F)c2)CC1. The van der Waals surface area contributed by atoms with E-state index in [1.54, 1.807) is 0 Å². The van der Waals surface area contributed by atoms with Crippen molar-refractivity contribution in [1.82, 2.24) is 9.62 Å². The molecule has 0 aromatic heterocycles. The van der Waals surface area contributed by atoms with Crippen molar-refractivity contribution < 1.29 is 31.1 Å². The maximum atomic E-state index is 12.7. The first-order valence-corrected chi connectivity index (χ1v) is 10.8. The minimum absolute atomic E-state index is 0.0375. The highest BCUT2D eigenvalue weighted by atomic mass is 32.2. The summed E-state index contributed by atoms with van der Waals surface area (Å²) in [7, 11) is -3.96. The molecule has 3 rings (SSSR count). The summed E-state index contributed by atoms with van der Waals surface area (Å²) in [5, 5.41) is 3.03. The predicted octanol–water partition coefficient (Wildman–Crippen LogP) is 3.04. The summed E-state index contributed by atoms with van der Waals surface area (Å²) in [4.78, 5) is 12.1. The molecule has 1 aliphatic carbocycles. The largest absolute Gasteiger partial charge is 0.573 e. The van der Waals surface area contributed by atoms with E-state index < -0.39 is 22.1 Å². The van der Waals surface area contributed by atoms with Crippen LogP contribution in [0.2, 0.25) is 0 Å². The fraction of sp³-hybridized carbons (Fsp3) is 0.611. The van der Waals surface area contributed by atoms with E-state index in [9.17, 15) is 26.4 Å². The molecule has 0 spiro atoms. The molecule has 1 aliphatic heterocycles. The van der Waals surface area contributed by atoms with Gasteiger partial charge in [0.15, 0.2) is 0 Å². The van der Waals surface area contributed by atoms with Gasteiger partial charge in [0.2, 0.25) is 15.9 Å². The van der Waals surface area contributed by atoms with Crippen molar-refractivity contribution >= 4 is 15.9 Å². The topological polar surface area (TPSA) is 75.7 Å². The van der Waals surface area contributed by atoms with E-state index in [0.717, 1.165) is 37.8 Å². The van der Waals surface area contributed by atoms with Gasteiger partial charge in [-0.15, -0.1) is 13.2 Å². The number of carbonyl (C=O) groups is 1. The molecule has 10 heteroatoms. The molecular weight excluding hydrogens is 397 g/mol. The first-order valence-electron chi connectivity index (χ1n) is 9.31. The van der Waals surface area contributed by atoms with Crippen LogP contribution in [-0.4, -0.2) is 44.1 Å². The lowest BCUT2D eigenvalue weighted by molar-refractivity contribution is -0.274. The summed E-state index contributed by atoms with van der Waals surface area (Å²) in [6, 6.07) is 4.56. The van der Waals surface area contributed by atoms with Crippen molar-refractivity contribution in [1.29, 1.82) is 0 Å². The Bertz CT molecular complexity index is 799. The summed E-state index contributed by atoms with van der Waals surface area (Å²) >= 11 is 0. The van der Waals surface area contributed by atoms with E-state index in [1.807, 2.05) is 0 Å². The number of sulfonamides is 1. The molecule has 1 aromatic rings. The number of hydrogen-bond donors (Lipinski definition) is 1. The summed E-state index contributed by atoms with van der Waals surface area (Å²) in [5.41, 5.74) is 0. The zero-order valence-corrected chi connectivity index (χ0v) is 16.1. The minimum atomic E-state index is -4.90. The standard InChI is InChI=1S/C18H23F3N2O4S/c19-18(20,21)27-15-6-3-7-16(12-15)28(25,26)23-10-8-13(9-11-23)17(24)22-14-4-1-2-5-14/h3,6-7,12-14H,1-2,4-5,8-11H2,(H,22,24). The Balaban J connectivity index is 1.61. The van der Waals surface area contributed by atoms with E-state index in [-0.39, 0.29) is 35.9 Å². The van der Waals surface area contributed by atoms with Gasteiger partial charge in [0.25, 0.3) is 0 Å². The van der Waals surface area contributed by atoms with Crippen LogP contribution in [0.1, 0.15) is 38.5 Å². The number of nitrogens with one attached hydrogen (secondary N) is 1. The smallest absolute Gasteiger partial charge is 0.406 e. The molecule has 6 nitrogen and oxygen atoms in total. The molecule has 156 valence electrons. The van der Waals surface area contributed by atoms with Crippen LogP contribution in [0.15, 0.2) is 29.2 Å². The van der Waals surface area contributed by atoms with E-state index in [1.165, 1.54) is 16.4 Å². The zero-order chi connectivity index (χ0) is 20.4. The van der Waals surface area contributed by atoms with Gasteiger partial charge in [-0.3, -0.25) is 4.79 Å². The van der Waals surface area contributed by atoms with Crippen LogP contribution < -0.4 is 10.1 Å². The maximum Gasteiger partial charge on any atom is 0.573 e. The number of piperidine rings is 1. The van der Waals surface area contributed by atoms with Gasteiger partial charge < -0.3 is 10.1 Å². The second-order valence-electron chi connectivity index (χ2n) is 7.19. The quantitative estimate of drug-likeness (QED) is 0.795. The predicted molar refractivity (Wildman–Crippen MR) is 95.0 cm³/mol. The van der Waals surface area contributed by atoms with Gasteiger partial charge in [-0.25, -0.2) is 8.42 Å². The first kappa shape index (κ1) is 20.9. The maximum absolute atomic E-state index is 12.7. The number of amides is 1. The van der Waals surface area contributed by atoms with Gasteiger partial charge in [0.1, 0.15) is 5.75 Å². The number of alkyl halides is 3. The Morgan fingerprint density at radius 3 is 2.36 bits per heavy atom. The highest BCUT2D eigenvalue weighted by Gasteiger charge is 2.34. The highest BCUT2D eigenvalue weighted by Crippen LogP contribution is 2.29. The van der Waals surface area contributed by atoms with Crippen LogP contribution in [-0.2, 0) is 14.8 Å².